The molecule has 0 aliphatic carbocycles. The van der Waals surface area contributed by atoms with Crippen LogP contribution in [0.1, 0.15) is 29.9 Å². The number of aromatic nitrogens is 2. The van der Waals surface area contributed by atoms with E-state index in [4.69, 9.17) is 9.47 Å². The molecule has 1 aromatic carbocycles. The van der Waals surface area contributed by atoms with Gasteiger partial charge in [0, 0.05) is 44.6 Å². The molecule has 1 amide bonds. The second kappa shape index (κ2) is 8.10. The number of amides is 1. The maximum atomic E-state index is 12.0. The fourth-order valence-electron chi connectivity index (χ4n) is 3.74. The van der Waals surface area contributed by atoms with Gasteiger partial charge in [-0.3, -0.25) is 14.4 Å². The molecule has 0 saturated carbocycles. The van der Waals surface area contributed by atoms with Crippen LogP contribution in [0.4, 0.5) is 5.82 Å². The molecule has 0 radical (unpaired) electrons. The van der Waals surface area contributed by atoms with E-state index in [1.807, 2.05) is 25.4 Å². The lowest BCUT2D eigenvalue weighted by molar-refractivity contribution is -0.116. The Labute approximate surface area is 159 Å². The van der Waals surface area contributed by atoms with Crippen LogP contribution in [-0.2, 0) is 16.6 Å². The Balaban J connectivity index is 1.33. The molecule has 7 heteroatoms. The number of morpholine rings is 1. The van der Waals surface area contributed by atoms with Crippen LogP contribution in [0.25, 0.3) is 0 Å². The fourth-order valence-corrected chi connectivity index (χ4v) is 3.74. The summed E-state index contributed by atoms with van der Waals surface area (Å²) in [5.74, 6) is 1.73. The number of nitrogens with one attached hydrogen (secondary N) is 1. The van der Waals surface area contributed by atoms with Crippen molar-refractivity contribution in [3.8, 4) is 5.75 Å². The molecular weight excluding hydrogens is 344 g/mol. The maximum Gasteiger partial charge on any atom is 0.226 e. The lowest BCUT2D eigenvalue weighted by Crippen LogP contribution is -2.37. The number of rotatable bonds is 6. The highest BCUT2D eigenvalue weighted by Crippen LogP contribution is 2.37. The minimum Gasteiger partial charge on any atom is -0.494 e. The molecule has 0 spiro atoms. The lowest BCUT2D eigenvalue weighted by Gasteiger charge is -2.26. The molecule has 2 aromatic rings. The van der Waals surface area contributed by atoms with Crippen LogP contribution in [0.2, 0.25) is 0 Å². The number of carbonyl (C=O) groups excluding carboxylic acids is 1. The molecule has 1 fully saturated rings. The van der Waals surface area contributed by atoms with Crippen LogP contribution in [0.15, 0.2) is 30.5 Å². The Morgan fingerprint density at radius 2 is 2.04 bits per heavy atom. The quantitative estimate of drug-likeness (QED) is 0.788. The second-order valence-electron chi connectivity index (χ2n) is 7.10. The van der Waals surface area contributed by atoms with E-state index in [-0.39, 0.29) is 11.8 Å². The maximum absolute atomic E-state index is 12.0. The number of ether oxygens (including phenoxy) is 2. The molecule has 1 saturated heterocycles. The van der Waals surface area contributed by atoms with Gasteiger partial charge in [0.1, 0.15) is 11.6 Å². The second-order valence-corrected chi connectivity index (χ2v) is 7.10. The number of anilines is 1. The zero-order chi connectivity index (χ0) is 18.6. The molecular formula is C20H26N4O3. The summed E-state index contributed by atoms with van der Waals surface area (Å²) in [6.45, 7) is 5.44. The first-order valence-corrected chi connectivity index (χ1v) is 9.55. The van der Waals surface area contributed by atoms with E-state index in [0.29, 0.717) is 13.0 Å². The number of hydrogen-bond acceptors (Lipinski definition) is 5. The average Bonchev–Trinajstić information content (AvgIpc) is 3.07. The van der Waals surface area contributed by atoms with Gasteiger partial charge < -0.3 is 14.8 Å². The van der Waals surface area contributed by atoms with E-state index in [2.05, 4.69) is 27.4 Å². The van der Waals surface area contributed by atoms with Gasteiger partial charge >= 0.3 is 0 Å². The van der Waals surface area contributed by atoms with Gasteiger partial charge in [-0.1, -0.05) is 12.1 Å². The molecule has 4 rings (SSSR count). The highest BCUT2D eigenvalue weighted by Gasteiger charge is 2.29. The van der Waals surface area contributed by atoms with Crippen molar-refractivity contribution in [2.24, 2.45) is 7.05 Å². The minimum atomic E-state index is 0.0274. The Kier molecular flexibility index (Phi) is 5.40. The van der Waals surface area contributed by atoms with Crippen molar-refractivity contribution in [1.82, 2.24) is 14.7 Å². The number of aryl methyl sites for hydroxylation is 1. The Morgan fingerprint density at radius 3 is 2.81 bits per heavy atom. The Hall–Kier alpha value is -2.38. The number of carbonyl (C=O) groups is 1. The molecule has 3 heterocycles. The monoisotopic (exact) mass is 370 g/mol. The number of benzene rings is 1. The van der Waals surface area contributed by atoms with Crippen LogP contribution < -0.4 is 10.1 Å². The van der Waals surface area contributed by atoms with E-state index in [0.717, 1.165) is 62.0 Å². The summed E-state index contributed by atoms with van der Waals surface area (Å²) in [6, 6.07) is 8.09. The predicted octanol–water partition coefficient (Wildman–Crippen LogP) is 2.00. The lowest BCUT2D eigenvalue weighted by atomic mass is 9.87. The topological polar surface area (TPSA) is 68.6 Å². The van der Waals surface area contributed by atoms with Crippen molar-refractivity contribution < 1.29 is 14.3 Å². The van der Waals surface area contributed by atoms with Crippen LogP contribution in [0.5, 0.6) is 5.75 Å². The molecule has 1 atom stereocenters. The van der Waals surface area contributed by atoms with Gasteiger partial charge in [-0.05, 0) is 24.1 Å². The van der Waals surface area contributed by atoms with Crippen LogP contribution >= 0.6 is 0 Å². The third-order valence-electron chi connectivity index (χ3n) is 5.26. The average molecular weight is 370 g/mol. The molecule has 1 N–H and O–H groups in total. The first kappa shape index (κ1) is 18.0. The Bertz CT molecular complexity index is 781. The van der Waals surface area contributed by atoms with Gasteiger partial charge in [-0.15, -0.1) is 0 Å². The van der Waals surface area contributed by atoms with E-state index < -0.39 is 0 Å². The van der Waals surface area contributed by atoms with Crippen LogP contribution in [0, 0.1) is 0 Å². The van der Waals surface area contributed by atoms with Crippen molar-refractivity contribution in [1.29, 1.82) is 0 Å². The summed E-state index contributed by atoms with van der Waals surface area (Å²) in [5.41, 5.74) is 2.18. The molecule has 144 valence electrons. The smallest absolute Gasteiger partial charge is 0.226 e. The third-order valence-corrected chi connectivity index (χ3v) is 5.26. The van der Waals surface area contributed by atoms with Crippen LogP contribution in [-0.4, -0.2) is 60.0 Å². The van der Waals surface area contributed by atoms with Crippen molar-refractivity contribution in [2.75, 3.05) is 44.8 Å². The van der Waals surface area contributed by atoms with Gasteiger partial charge in [0.15, 0.2) is 0 Å². The van der Waals surface area contributed by atoms with E-state index in [1.165, 1.54) is 0 Å². The molecule has 2 aliphatic heterocycles. The standard InChI is InChI=1S/C20H26N4O3/c1-23-20-18(14-21-23)17(13-19(25)22-20)15-3-5-16(6-4-15)27-10-2-7-24-8-11-26-12-9-24/h3-6,14,17H,2,7-13H2,1H3,(H,22,25). The molecule has 1 unspecified atom stereocenters. The van der Waals surface area contributed by atoms with Crippen molar-refractivity contribution >= 4 is 11.7 Å². The molecule has 7 nitrogen and oxygen atoms in total. The van der Waals surface area contributed by atoms with Gasteiger partial charge in [0.05, 0.1) is 26.0 Å². The number of nitrogens with zero attached hydrogens (tertiary/aromatic N) is 3. The SMILES string of the molecule is Cn1ncc2c1NC(=O)CC2c1ccc(OCCCN2CCOCC2)cc1. The van der Waals surface area contributed by atoms with E-state index >= 15 is 0 Å². The summed E-state index contributed by atoms with van der Waals surface area (Å²) < 4.78 is 13.0. The highest BCUT2D eigenvalue weighted by atomic mass is 16.5. The summed E-state index contributed by atoms with van der Waals surface area (Å²) in [7, 11) is 1.84. The summed E-state index contributed by atoms with van der Waals surface area (Å²) >= 11 is 0. The molecule has 2 aliphatic rings. The van der Waals surface area contributed by atoms with Gasteiger partial charge in [0.25, 0.3) is 0 Å². The van der Waals surface area contributed by atoms with E-state index in [9.17, 15) is 4.79 Å². The van der Waals surface area contributed by atoms with Crippen molar-refractivity contribution in [2.45, 2.75) is 18.8 Å². The fraction of sp³-hybridized carbons (Fsp3) is 0.500. The highest BCUT2D eigenvalue weighted by molar-refractivity contribution is 5.94. The molecule has 27 heavy (non-hydrogen) atoms. The Morgan fingerprint density at radius 1 is 1.26 bits per heavy atom. The van der Waals surface area contributed by atoms with Gasteiger partial charge in [0.2, 0.25) is 5.91 Å². The summed E-state index contributed by atoms with van der Waals surface area (Å²) in [5, 5.41) is 7.19. The predicted molar refractivity (Wildman–Crippen MR) is 102 cm³/mol. The number of hydrogen-bond donors (Lipinski definition) is 1. The summed E-state index contributed by atoms with van der Waals surface area (Å²) in [6.07, 6.45) is 3.29. The number of fused-ring (bicyclic) bond motifs is 1. The van der Waals surface area contributed by atoms with Gasteiger partial charge in [-0.2, -0.15) is 5.10 Å². The first-order valence-electron chi connectivity index (χ1n) is 9.55. The van der Waals surface area contributed by atoms with Crippen LogP contribution in [0.3, 0.4) is 0 Å². The normalized spacial score (nSPS) is 20.2. The first-order chi connectivity index (χ1) is 13.2. The van der Waals surface area contributed by atoms with Crippen molar-refractivity contribution in [3.63, 3.8) is 0 Å². The van der Waals surface area contributed by atoms with Gasteiger partial charge in [-0.25, -0.2) is 0 Å². The van der Waals surface area contributed by atoms with E-state index in [1.54, 1.807) is 4.68 Å². The zero-order valence-electron chi connectivity index (χ0n) is 15.7. The zero-order valence-corrected chi connectivity index (χ0v) is 15.7. The largest absolute Gasteiger partial charge is 0.494 e. The summed E-state index contributed by atoms with van der Waals surface area (Å²) in [4.78, 5) is 14.5. The minimum absolute atomic E-state index is 0.0274. The molecule has 1 aromatic heterocycles. The molecule has 0 bridgehead atoms. The van der Waals surface area contributed by atoms with Crippen molar-refractivity contribution in [3.05, 3.63) is 41.6 Å². The third kappa shape index (κ3) is 4.14.